The van der Waals surface area contributed by atoms with Gasteiger partial charge >= 0.3 is 6.18 Å². The van der Waals surface area contributed by atoms with Crippen molar-refractivity contribution in [1.82, 2.24) is 0 Å². The Hall–Kier alpha value is -0.940. The van der Waals surface area contributed by atoms with Gasteiger partial charge in [0, 0.05) is 5.56 Å². The fraction of sp³-hybridized carbons (Fsp3) is 0.222. The predicted octanol–water partition coefficient (Wildman–Crippen LogP) is 3.49. The van der Waals surface area contributed by atoms with E-state index in [1.807, 2.05) is 0 Å². The number of carbonyl (C=O) groups is 1. The number of hydrogen-bond acceptors (Lipinski definition) is 2. The molecule has 0 heterocycles. The fourth-order valence-corrected chi connectivity index (χ4v) is 1.64. The number of carbonyl (C=O) groups excluding carboxylic acids is 1. The first-order valence-electron chi connectivity index (χ1n) is 3.97. The quantitative estimate of drug-likeness (QED) is 0.661. The number of hydrogen-bond donors (Lipinski definition) is 1. The largest absolute Gasteiger partial charge is 0.507 e. The lowest BCUT2D eigenvalue weighted by Crippen LogP contribution is -2.10. The molecule has 0 fully saturated rings. The number of Topliss-reactive ketones (excluding diaryl/α,β-unsaturated/α-hetero) is 1. The third-order valence-corrected chi connectivity index (χ3v) is 2.46. The lowest BCUT2D eigenvalue weighted by molar-refractivity contribution is -0.138. The average Bonchev–Trinajstić information content (AvgIpc) is 2.14. The molecular formula is C9H5Cl2F3O2. The summed E-state index contributed by atoms with van der Waals surface area (Å²) in [5.74, 6) is -2.25. The molecule has 0 saturated heterocycles. The Kier molecular flexibility index (Phi) is 3.70. The molecule has 2 nitrogen and oxygen atoms in total. The Morgan fingerprint density at radius 2 is 1.94 bits per heavy atom. The summed E-state index contributed by atoms with van der Waals surface area (Å²) in [5.41, 5.74) is -1.79. The lowest BCUT2D eigenvalue weighted by Gasteiger charge is -2.12. The Labute approximate surface area is 98.6 Å². The van der Waals surface area contributed by atoms with Gasteiger partial charge in [-0.25, -0.2) is 0 Å². The van der Waals surface area contributed by atoms with Gasteiger partial charge in [0.1, 0.15) is 11.3 Å². The molecule has 0 spiro atoms. The van der Waals surface area contributed by atoms with Crippen LogP contribution < -0.4 is 0 Å². The number of halogens is 5. The summed E-state index contributed by atoms with van der Waals surface area (Å²) < 4.78 is 37.4. The lowest BCUT2D eigenvalue weighted by atomic mass is 10.1. The molecule has 0 radical (unpaired) electrons. The summed E-state index contributed by atoms with van der Waals surface area (Å²) in [6, 6.07) is 1.76. The normalized spacial score (nSPS) is 11.6. The van der Waals surface area contributed by atoms with Crippen LogP contribution in [-0.4, -0.2) is 16.8 Å². The zero-order valence-corrected chi connectivity index (χ0v) is 9.12. The van der Waals surface area contributed by atoms with Gasteiger partial charge in [0.25, 0.3) is 0 Å². The van der Waals surface area contributed by atoms with Crippen molar-refractivity contribution < 1.29 is 23.1 Å². The third kappa shape index (κ3) is 2.41. The molecule has 0 aliphatic carbocycles. The summed E-state index contributed by atoms with van der Waals surface area (Å²) in [5, 5.41) is 8.22. The second-order valence-electron chi connectivity index (χ2n) is 2.88. The van der Waals surface area contributed by atoms with E-state index in [9.17, 15) is 18.0 Å². The minimum Gasteiger partial charge on any atom is -0.507 e. The minimum atomic E-state index is -4.83. The van der Waals surface area contributed by atoms with E-state index in [2.05, 4.69) is 0 Å². The van der Waals surface area contributed by atoms with Crippen molar-refractivity contribution in [3.63, 3.8) is 0 Å². The molecule has 0 amide bonds. The Morgan fingerprint density at radius 3 is 2.38 bits per heavy atom. The standard InChI is InChI=1S/C9H5Cl2F3O2/c10-3-6(16)4-1-2-5(15)7(8(4)11)9(12,13)14/h1-2,15H,3H2. The van der Waals surface area contributed by atoms with Crippen LogP contribution in [0.25, 0.3) is 0 Å². The highest BCUT2D eigenvalue weighted by atomic mass is 35.5. The van der Waals surface area contributed by atoms with Gasteiger partial charge < -0.3 is 5.11 Å². The van der Waals surface area contributed by atoms with Gasteiger partial charge in [0.15, 0.2) is 5.78 Å². The first-order chi connectivity index (χ1) is 7.29. The van der Waals surface area contributed by atoms with Crippen LogP contribution in [0.2, 0.25) is 5.02 Å². The van der Waals surface area contributed by atoms with E-state index in [-0.39, 0.29) is 5.56 Å². The predicted molar refractivity (Wildman–Crippen MR) is 53.2 cm³/mol. The monoisotopic (exact) mass is 272 g/mol. The molecule has 88 valence electrons. The van der Waals surface area contributed by atoms with E-state index in [0.717, 1.165) is 12.1 Å². The average molecular weight is 273 g/mol. The van der Waals surface area contributed by atoms with Crippen LogP contribution in [0.3, 0.4) is 0 Å². The van der Waals surface area contributed by atoms with Gasteiger partial charge in [-0.15, -0.1) is 11.6 Å². The number of phenols is 1. The molecule has 0 bridgehead atoms. The van der Waals surface area contributed by atoms with Gasteiger partial charge in [-0.3, -0.25) is 4.79 Å². The second kappa shape index (κ2) is 4.51. The maximum atomic E-state index is 12.5. The molecule has 1 N–H and O–H groups in total. The molecule has 7 heteroatoms. The van der Waals surface area contributed by atoms with Crippen LogP contribution in [0.5, 0.6) is 5.75 Å². The maximum Gasteiger partial charge on any atom is 0.421 e. The Bertz CT molecular complexity index is 429. The fourth-order valence-electron chi connectivity index (χ4n) is 1.12. The summed E-state index contributed by atoms with van der Waals surface area (Å²) in [6.07, 6.45) is -4.83. The van der Waals surface area contributed by atoms with E-state index in [4.69, 9.17) is 28.3 Å². The highest BCUT2D eigenvalue weighted by Crippen LogP contribution is 2.42. The van der Waals surface area contributed by atoms with Crippen molar-refractivity contribution in [2.24, 2.45) is 0 Å². The summed E-state index contributed by atoms with van der Waals surface area (Å²) in [6.45, 7) is 0. The van der Waals surface area contributed by atoms with E-state index < -0.39 is 34.2 Å². The molecule has 0 aromatic heterocycles. The molecule has 0 aliphatic heterocycles. The van der Waals surface area contributed by atoms with E-state index in [1.165, 1.54) is 0 Å². The molecule has 1 rings (SSSR count). The number of rotatable bonds is 2. The first kappa shape index (κ1) is 13.1. The topological polar surface area (TPSA) is 37.3 Å². The molecule has 0 aliphatic rings. The van der Waals surface area contributed by atoms with Crippen LogP contribution in [0.15, 0.2) is 12.1 Å². The summed E-state index contributed by atoms with van der Waals surface area (Å²) in [4.78, 5) is 11.2. The van der Waals surface area contributed by atoms with E-state index in [0.29, 0.717) is 0 Å². The minimum absolute atomic E-state index is 0.359. The van der Waals surface area contributed by atoms with Crippen molar-refractivity contribution in [2.75, 3.05) is 5.88 Å². The van der Waals surface area contributed by atoms with E-state index in [1.54, 1.807) is 0 Å². The van der Waals surface area contributed by atoms with Crippen LogP contribution in [0.1, 0.15) is 15.9 Å². The van der Waals surface area contributed by atoms with Gasteiger partial charge in [-0.05, 0) is 12.1 Å². The molecule has 1 aromatic carbocycles. The molecule has 0 saturated carbocycles. The highest BCUT2D eigenvalue weighted by Gasteiger charge is 2.38. The number of ketones is 1. The van der Waals surface area contributed by atoms with Gasteiger partial charge in [0.05, 0.1) is 10.9 Å². The van der Waals surface area contributed by atoms with Crippen LogP contribution in [0.4, 0.5) is 13.2 Å². The molecule has 0 unspecified atom stereocenters. The number of phenolic OH excluding ortho intramolecular Hbond substituents is 1. The van der Waals surface area contributed by atoms with Crippen LogP contribution in [-0.2, 0) is 6.18 Å². The summed E-state index contributed by atoms with van der Waals surface area (Å²) >= 11 is 10.6. The molecule has 1 aromatic rings. The SMILES string of the molecule is O=C(CCl)c1ccc(O)c(C(F)(F)F)c1Cl. The Balaban J connectivity index is 3.45. The molecular weight excluding hydrogens is 268 g/mol. The molecule has 16 heavy (non-hydrogen) atoms. The van der Waals surface area contributed by atoms with Crippen molar-refractivity contribution in [3.05, 3.63) is 28.3 Å². The smallest absolute Gasteiger partial charge is 0.421 e. The summed E-state index contributed by atoms with van der Waals surface area (Å²) in [7, 11) is 0. The third-order valence-electron chi connectivity index (χ3n) is 1.83. The first-order valence-corrected chi connectivity index (χ1v) is 4.88. The molecule has 0 atom stereocenters. The van der Waals surface area contributed by atoms with Crippen LogP contribution >= 0.6 is 23.2 Å². The number of alkyl halides is 4. The second-order valence-corrected chi connectivity index (χ2v) is 3.52. The number of benzene rings is 1. The van der Waals surface area contributed by atoms with Gasteiger partial charge in [-0.2, -0.15) is 13.2 Å². The van der Waals surface area contributed by atoms with Crippen LogP contribution in [0, 0.1) is 0 Å². The maximum absolute atomic E-state index is 12.5. The van der Waals surface area contributed by atoms with Gasteiger partial charge in [-0.1, -0.05) is 11.6 Å². The van der Waals surface area contributed by atoms with Crippen molar-refractivity contribution >= 4 is 29.0 Å². The number of aromatic hydroxyl groups is 1. The zero-order chi connectivity index (χ0) is 12.5. The van der Waals surface area contributed by atoms with Crippen molar-refractivity contribution in [2.45, 2.75) is 6.18 Å². The highest BCUT2D eigenvalue weighted by molar-refractivity contribution is 6.38. The van der Waals surface area contributed by atoms with Gasteiger partial charge in [0.2, 0.25) is 0 Å². The Morgan fingerprint density at radius 1 is 1.38 bits per heavy atom. The van der Waals surface area contributed by atoms with E-state index >= 15 is 0 Å². The van der Waals surface area contributed by atoms with Crippen molar-refractivity contribution in [1.29, 1.82) is 0 Å². The zero-order valence-electron chi connectivity index (χ0n) is 7.61. The van der Waals surface area contributed by atoms with Crippen molar-refractivity contribution in [3.8, 4) is 5.75 Å².